The zero-order chi connectivity index (χ0) is 55.9. The van der Waals surface area contributed by atoms with Crippen molar-refractivity contribution in [2.24, 2.45) is 0 Å². The van der Waals surface area contributed by atoms with Crippen LogP contribution in [0.15, 0.2) is 158 Å². The Morgan fingerprint density at radius 2 is 0.937 bits per heavy atom. The van der Waals surface area contributed by atoms with E-state index in [-0.39, 0.29) is 39.2 Å². The molecule has 0 bridgehead atoms. The summed E-state index contributed by atoms with van der Waals surface area (Å²) >= 11 is 0. The fourth-order valence-electron chi connectivity index (χ4n) is 14.1. The molecule has 79 heavy (non-hydrogen) atoms. The Morgan fingerprint density at radius 3 is 1.53 bits per heavy atom. The summed E-state index contributed by atoms with van der Waals surface area (Å²) < 4.78 is 0. The molecule has 0 spiro atoms. The smallest absolute Gasteiger partial charge is 0.252 e. The van der Waals surface area contributed by atoms with Crippen molar-refractivity contribution in [2.75, 3.05) is 9.80 Å². The lowest BCUT2D eigenvalue weighted by molar-refractivity contribution is 0.332. The molecular formula is C76H83BN2. The van der Waals surface area contributed by atoms with Crippen molar-refractivity contribution in [1.29, 1.82) is 0 Å². The summed E-state index contributed by atoms with van der Waals surface area (Å²) in [6.07, 6.45) is 7.04. The van der Waals surface area contributed by atoms with Gasteiger partial charge in [0, 0.05) is 34.0 Å². The van der Waals surface area contributed by atoms with Gasteiger partial charge in [-0.1, -0.05) is 212 Å². The van der Waals surface area contributed by atoms with Gasteiger partial charge >= 0.3 is 0 Å². The average Bonchev–Trinajstić information content (AvgIpc) is 3.60. The second-order valence-corrected chi connectivity index (χ2v) is 28.9. The summed E-state index contributed by atoms with van der Waals surface area (Å²) in [4.78, 5) is 5.37. The van der Waals surface area contributed by atoms with Crippen molar-refractivity contribution < 1.29 is 0 Å². The second kappa shape index (κ2) is 18.4. The van der Waals surface area contributed by atoms with Gasteiger partial charge in [0.05, 0.1) is 5.69 Å². The second-order valence-electron chi connectivity index (χ2n) is 28.9. The van der Waals surface area contributed by atoms with Crippen LogP contribution in [-0.2, 0) is 32.5 Å². The Hall–Kier alpha value is -6.84. The van der Waals surface area contributed by atoms with Crippen LogP contribution in [0.2, 0.25) is 0 Å². The molecule has 0 atom stereocenters. The van der Waals surface area contributed by atoms with Gasteiger partial charge in [0.25, 0.3) is 6.71 Å². The maximum atomic E-state index is 2.74. The van der Waals surface area contributed by atoms with E-state index in [9.17, 15) is 0 Å². The highest BCUT2D eigenvalue weighted by molar-refractivity contribution is 7.00. The van der Waals surface area contributed by atoms with Gasteiger partial charge in [-0.3, -0.25) is 0 Å². The van der Waals surface area contributed by atoms with Crippen LogP contribution in [-0.4, -0.2) is 6.71 Å². The molecule has 0 saturated heterocycles. The fourth-order valence-corrected chi connectivity index (χ4v) is 14.1. The number of rotatable bonds is 6. The van der Waals surface area contributed by atoms with Crippen LogP contribution in [0.1, 0.15) is 184 Å². The van der Waals surface area contributed by atoms with E-state index in [0.29, 0.717) is 0 Å². The Morgan fingerprint density at radius 1 is 0.430 bits per heavy atom. The Bertz CT molecular complexity index is 3780. The predicted octanol–water partition coefficient (Wildman–Crippen LogP) is 18.9. The summed E-state index contributed by atoms with van der Waals surface area (Å²) in [7, 11) is 0. The maximum absolute atomic E-state index is 2.74. The number of hydrogen-bond acceptors (Lipinski definition) is 2. The lowest BCUT2D eigenvalue weighted by Crippen LogP contribution is -2.62. The standard InChI is InChI=1S/C76H83BN2/c1-48-39-68-70-69(40-48)79(65-34-30-55(72(6,7)8)45-57(65)52-27-31-58-59(43-52)74(11,12)36-35-73(58,9)10)67-47-61-60(75(13,14)37-38-76(61,15)16)46-63(67)77(70)62-44-53(56(51-25-21-18-22-26-51)42-50-23-19-17-20-24-50)28-32-66(62)78(68)64-33-29-54(41-49(64)2)71(3,4)5/h17-34,39-47H,35-38H2,1-16H3/b56-42-. The summed E-state index contributed by atoms with van der Waals surface area (Å²) in [6.45, 7) is 38.5. The number of aryl methyl sites for hydroxylation is 2. The molecule has 0 unspecified atom stereocenters. The van der Waals surface area contributed by atoms with Crippen LogP contribution in [0.3, 0.4) is 0 Å². The van der Waals surface area contributed by atoms with Gasteiger partial charge in [0.1, 0.15) is 0 Å². The Labute approximate surface area is 475 Å². The van der Waals surface area contributed by atoms with E-state index in [2.05, 4.69) is 284 Å². The number of hydrogen-bond donors (Lipinski definition) is 0. The van der Waals surface area contributed by atoms with E-state index in [4.69, 9.17) is 0 Å². The highest BCUT2D eigenvalue weighted by Crippen LogP contribution is 2.54. The van der Waals surface area contributed by atoms with Crippen molar-refractivity contribution in [3.63, 3.8) is 0 Å². The molecule has 0 radical (unpaired) electrons. The largest absolute Gasteiger partial charge is 0.311 e. The summed E-state index contributed by atoms with van der Waals surface area (Å²) in [5, 5.41) is 0. The average molecular weight is 1040 g/mol. The first-order valence-corrected chi connectivity index (χ1v) is 29.5. The molecule has 400 valence electrons. The fraction of sp³-hybridized carbons (Fsp3) is 0.342. The van der Waals surface area contributed by atoms with E-state index < -0.39 is 0 Å². The van der Waals surface area contributed by atoms with E-state index in [1.807, 2.05) is 0 Å². The SMILES string of the molecule is Cc1cc2c3c(c1)N(c1ccc(C(C)(C)C)cc1-c1ccc4c(c1)C(C)(C)CCC4(C)C)c1cc4c(cc1B3c1cc(/C(=C\c3ccccc3)c3ccccc3)ccc1N2c1ccc(C(C)(C)C)cc1C)C(C)(C)CCC4(C)C. The normalized spacial score (nSPS) is 17.6. The minimum Gasteiger partial charge on any atom is -0.311 e. The van der Waals surface area contributed by atoms with Crippen LogP contribution in [0.4, 0.5) is 34.1 Å². The van der Waals surface area contributed by atoms with Crippen LogP contribution in [0.25, 0.3) is 22.8 Å². The predicted molar refractivity (Wildman–Crippen MR) is 343 cm³/mol. The zero-order valence-corrected chi connectivity index (χ0v) is 50.4. The monoisotopic (exact) mass is 1030 g/mol. The third kappa shape index (κ3) is 8.94. The van der Waals surface area contributed by atoms with Gasteiger partial charge in [-0.2, -0.15) is 0 Å². The van der Waals surface area contributed by atoms with Gasteiger partial charge in [0.15, 0.2) is 0 Å². The van der Waals surface area contributed by atoms with E-state index in [0.717, 1.165) is 12.8 Å². The van der Waals surface area contributed by atoms with Gasteiger partial charge in [-0.05, 0) is 209 Å². The third-order valence-electron chi connectivity index (χ3n) is 19.3. The molecule has 0 N–H and O–H groups in total. The minimum atomic E-state index is -0.0549. The van der Waals surface area contributed by atoms with E-state index in [1.165, 1.54) is 141 Å². The zero-order valence-electron chi connectivity index (χ0n) is 50.4. The summed E-state index contributed by atoms with van der Waals surface area (Å²) in [5.74, 6) is 0. The van der Waals surface area contributed by atoms with Crippen LogP contribution in [0, 0.1) is 13.8 Å². The van der Waals surface area contributed by atoms with Crippen LogP contribution in [0.5, 0.6) is 0 Å². The molecule has 8 aromatic rings. The van der Waals surface area contributed by atoms with Crippen molar-refractivity contribution in [3.8, 4) is 11.1 Å². The highest BCUT2D eigenvalue weighted by Gasteiger charge is 2.47. The number of anilines is 6. The molecule has 0 aromatic heterocycles. The molecule has 2 aliphatic carbocycles. The molecular weight excluding hydrogens is 952 g/mol. The molecule has 2 nitrogen and oxygen atoms in total. The van der Waals surface area contributed by atoms with Crippen molar-refractivity contribution in [2.45, 2.75) is 169 Å². The molecule has 0 fully saturated rings. The molecule has 12 rings (SSSR count). The maximum Gasteiger partial charge on any atom is 0.252 e. The van der Waals surface area contributed by atoms with Gasteiger partial charge < -0.3 is 9.80 Å². The van der Waals surface area contributed by atoms with Gasteiger partial charge in [-0.25, -0.2) is 0 Å². The number of nitrogens with zero attached hydrogens (tertiary/aromatic N) is 2. The number of fused-ring (bicyclic) bond motifs is 6. The first-order chi connectivity index (χ1) is 37.2. The van der Waals surface area contributed by atoms with Crippen molar-refractivity contribution in [3.05, 3.63) is 219 Å². The van der Waals surface area contributed by atoms with Gasteiger partial charge in [0.2, 0.25) is 0 Å². The molecule has 2 aliphatic heterocycles. The third-order valence-corrected chi connectivity index (χ3v) is 19.3. The van der Waals surface area contributed by atoms with Crippen LogP contribution < -0.4 is 26.2 Å². The molecule has 0 saturated carbocycles. The first-order valence-electron chi connectivity index (χ1n) is 29.5. The van der Waals surface area contributed by atoms with Crippen LogP contribution >= 0.6 is 0 Å². The molecule has 3 heteroatoms. The number of benzene rings is 8. The summed E-state index contributed by atoms with van der Waals surface area (Å²) in [6, 6.07) is 62.0. The molecule has 2 heterocycles. The van der Waals surface area contributed by atoms with E-state index in [1.54, 1.807) is 0 Å². The highest BCUT2D eigenvalue weighted by atomic mass is 15.2. The van der Waals surface area contributed by atoms with Gasteiger partial charge in [-0.15, -0.1) is 0 Å². The van der Waals surface area contributed by atoms with E-state index >= 15 is 0 Å². The lowest BCUT2D eigenvalue weighted by atomic mass is 9.33. The lowest BCUT2D eigenvalue weighted by Gasteiger charge is -2.48. The van der Waals surface area contributed by atoms with Crippen molar-refractivity contribution >= 4 is 68.9 Å². The Balaban J connectivity index is 1.20. The Kier molecular flexibility index (Phi) is 12.3. The molecule has 4 aliphatic rings. The molecule has 8 aromatic carbocycles. The quantitative estimate of drug-likeness (QED) is 0.121. The topological polar surface area (TPSA) is 6.48 Å². The van der Waals surface area contributed by atoms with Crippen molar-refractivity contribution in [1.82, 2.24) is 0 Å². The first kappa shape index (κ1) is 52.8. The molecule has 0 amide bonds. The minimum absolute atomic E-state index is 0.000514. The summed E-state index contributed by atoms with van der Waals surface area (Å²) in [5.41, 5.74) is 30.3.